The Balaban J connectivity index is 0. The summed E-state index contributed by atoms with van der Waals surface area (Å²) in [6.07, 6.45) is 0. The SMILES string of the molecule is [Co].[Cs+].[Dy].[H-].[Y]. The Bertz CT molecular complexity index is 11.6. The molecule has 0 rings (SSSR count). The van der Waals surface area contributed by atoms with Crippen LogP contribution in [0, 0.1) is 38.2 Å². The van der Waals surface area contributed by atoms with Crippen LogP contribution in [0.3, 0.4) is 0 Å². The first kappa shape index (κ1) is 23.1. The van der Waals surface area contributed by atoms with Crippen molar-refractivity contribution < 1.29 is 158 Å². The van der Waals surface area contributed by atoms with Crippen molar-refractivity contribution >= 4 is 0 Å². The number of hydrogen-bond acceptors (Lipinski definition) is 0. The van der Waals surface area contributed by atoms with Gasteiger partial charge in [0.25, 0.3) is 0 Å². The fourth-order valence-corrected chi connectivity index (χ4v) is 0. The van der Waals surface area contributed by atoms with E-state index in [4.69, 9.17) is 0 Å². The largest absolute Gasteiger partial charge is 1.00 e. The Hall–Kier alpha value is 4.94. The second-order valence-electron chi connectivity index (χ2n) is 0. The van der Waals surface area contributed by atoms with Crippen molar-refractivity contribution in [2.75, 3.05) is 0 Å². The van der Waals surface area contributed by atoms with Gasteiger partial charge in [0.1, 0.15) is 0 Å². The van der Waals surface area contributed by atoms with Gasteiger partial charge in [0.2, 0.25) is 0 Å². The normalized spacial score (nSPS) is 0. The van der Waals surface area contributed by atoms with Crippen LogP contribution < -0.4 is 68.9 Å². The summed E-state index contributed by atoms with van der Waals surface area (Å²) in [5.41, 5.74) is 0. The molecule has 0 aliphatic heterocycles. The Labute approximate surface area is 152 Å². The summed E-state index contributed by atoms with van der Waals surface area (Å²) in [5, 5.41) is 0. The predicted molar refractivity (Wildman–Crippen MR) is 1.11 cm³/mol. The molecule has 0 nitrogen and oxygen atoms in total. The zero-order valence-corrected chi connectivity index (χ0v) is 14.4. The zero-order chi connectivity index (χ0) is 0. The van der Waals surface area contributed by atoms with E-state index >= 15 is 0 Å². The average molecular weight is 444 g/mol. The van der Waals surface area contributed by atoms with Crippen molar-refractivity contribution in [2.24, 2.45) is 0 Å². The summed E-state index contributed by atoms with van der Waals surface area (Å²) in [4.78, 5) is 0. The summed E-state index contributed by atoms with van der Waals surface area (Å²) < 4.78 is 0. The molecule has 4 heavy (non-hydrogen) atoms. The van der Waals surface area contributed by atoms with Gasteiger partial charge in [-0.2, -0.15) is 0 Å². The van der Waals surface area contributed by atoms with Crippen molar-refractivity contribution in [1.82, 2.24) is 0 Å². The standard InChI is InChI=1S/Co.Cs.Dy.Y.H/q;+1;;;-1. The third kappa shape index (κ3) is 10.0. The maximum atomic E-state index is 0. The van der Waals surface area contributed by atoms with Crippen molar-refractivity contribution in [3.05, 3.63) is 0 Å². The summed E-state index contributed by atoms with van der Waals surface area (Å²) in [6, 6.07) is 0. The van der Waals surface area contributed by atoms with Crippen molar-refractivity contribution in [1.29, 1.82) is 0 Å². The monoisotopic (exact) mass is 446 g/mol. The fourth-order valence-electron chi connectivity index (χ4n) is 0. The summed E-state index contributed by atoms with van der Waals surface area (Å²) in [5.74, 6) is 0. The summed E-state index contributed by atoms with van der Waals surface area (Å²) in [6.45, 7) is 0. The van der Waals surface area contributed by atoms with Gasteiger partial charge in [-0.1, -0.05) is 0 Å². The molecule has 0 aromatic rings. The first-order chi connectivity index (χ1) is 0. The van der Waals surface area contributed by atoms with E-state index in [1.165, 1.54) is 0 Å². The van der Waals surface area contributed by atoms with Crippen LogP contribution in [0.5, 0.6) is 0 Å². The van der Waals surface area contributed by atoms with Crippen LogP contribution in [0.2, 0.25) is 0 Å². The van der Waals surface area contributed by atoms with E-state index in [0.717, 1.165) is 0 Å². The second-order valence-corrected chi connectivity index (χ2v) is 0. The second kappa shape index (κ2) is 15.7. The predicted octanol–water partition coefficient (Wildman–Crippen LogP) is -2.89. The molecule has 0 heterocycles. The summed E-state index contributed by atoms with van der Waals surface area (Å²) in [7, 11) is 0. The molecule has 0 aliphatic rings. The smallest absolute Gasteiger partial charge is 1.00 e. The van der Waals surface area contributed by atoms with Gasteiger partial charge in [0.05, 0.1) is 0 Å². The van der Waals surface area contributed by atoms with Gasteiger partial charge in [-0.05, 0) is 0 Å². The zero-order valence-electron chi connectivity index (χ0n) is 3.23. The Morgan fingerprint density at radius 1 is 1.25 bits per heavy atom. The maximum absolute atomic E-state index is 0. The quantitative estimate of drug-likeness (QED) is 0.377. The molecule has 0 N–H and O–H groups in total. The van der Waals surface area contributed by atoms with E-state index in [2.05, 4.69) is 0 Å². The molecular formula is HCoCsDyY. The first-order valence-electron chi connectivity index (χ1n) is 0. The number of rotatable bonds is 0. The van der Waals surface area contributed by atoms with Crippen LogP contribution >= 0.6 is 0 Å². The molecule has 0 amide bonds. The minimum atomic E-state index is 0. The molecular weight excluding hydrogens is 443 g/mol. The van der Waals surface area contributed by atoms with E-state index in [9.17, 15) is 0 Å². The Morgan fingerprint density at radius 2 is 1.25 bits per heavy atom. The van der Waals surface area contributed by atoms with Crippen LogP contribution in [0.4, 0.5) is 0 Å². The third-order valence-corrected chi connectivity index (χ3v) is 0. The minimum Gasteiger partial charge on any atom is -1.00 e. The van der Waals surface area contributed by atoms with Crippen LogP contribution in [0.25, 0.3) is 0 Å². The van der Waals surface area contributed by atoms with Crippen LogP contribution in [-0.2, 0) is 49.5 Å². The molecule has 0 unspecified atom stereocenters. The van der Waals surface area contributed by atoms with Gasteiger partial charge < -0.3 is 1.43 Å². The molecule has 0 atom stereocenters. The van der Waals surface area contributed by atoms with E-state index in [-0.39, 0.29) is 158 Å². The van der Waals surface area contributed by atoms with Crippen LogP contribution in [-0.4, -0.2) is 0 Å². The Kier molecular flexibility index (Phi) is 90.5. The molecule has 0 aromatic heterocycles. The molecule has 0 fully saturated rings. The molecule has 0 aliphatic carbocycles. The van der Waals surface area contributed by atoms with E-state index in [1.807, 2.05) is 0 Å². The maximum Gasteiger partial charge on any atom is 1.00 e. The van der Waals surface area contributed by atoms with Crippen molar-refractivity contribution in [3.8, 4) is 0 Å². The third-order valence-electron chi connectivity index (χ3n) is 0. The van der Waals surface area contributed by atoms with Crippen molar-refractivity contribution in [3.63, 3.8) is 0 Å². The van der Waals surface area contributed by atoms with Gasteiger partial charge in [0, 0.05) is 87.7 Å². The van der Waals surface area contributed by atoms with E-state index < -0.39 is 0 Å². The average Bonchev–Trinajstić information content (AvgIpc) is 0. The minimum absolute atomic E-state index is 0. The van der Waals surface area contributed by atoms with Gasteiger partial charge in [0.15, 0.2) is 0 Å². The molecule has 4 heteroatoms. The van der Waals surface area contributed by atoms with Gasteiger partial charge in [-0.3, -0.25) is 0 Å². The summed E-state index contributed by atoms with van der Waals surface area (Å²) >= 11 is 0. The van der Waals surface area contributed by atoms with Gasteiger partial charge in [-0.15, -0.1) is 0 Å². The molecule has 0 bridgehead atoms. The van der Waals surface area contributed by atoms with Gasteiger partial charge in [-0.25, -0.2) is 0 Å². The van der Waals surface area contributed by atoms with Crippen LogP contribution in [0.15, 0.2) is 0 Å². The van der Waals surface area contributed by atoms with E-state index in [1.54, 1.807) is 0 Å². The number of hydrogen-bond donors (Lipinski definition) is 0. The fraction of sp³-hybridized carbons (Fsp3) is 0. The molecule has 24 valence electrons. The topological polar surface area (TPSA) is 0 Å². The molecule has 0 aromatic carbocycles. The molecule has 0 saturated heterocycles. The van der Waals surface area contributed by atoms with E-state index in [0.29, 0.717) is 0 Å². The van der Waals surface area contributed by atoms with Gasteiger partial charge >= 0.3 is 68.9 Å². The molecule has 2 radical (unpaired) electrons. The molecule has 0 spiro atoms. The van der Waals surface area contributed by atoms with Crippen molar-refractivity contribution in [2.45, 2.75) is 0 Å². The Morgan fingerprint density at radius 3 is 1.25 bits per heavy atom. The first-order valence-corrected chi connectivity index (χ1v) is 0. The van der Waals surface area contributed by atoms with Crippen LogP contribution in [0.1, 0.15) is 1.43 Å². The molecule has 0 saturated carbocycles.